The second-order valence-electron chi connectivity index (χ2n) is 15.0. The predicted octanol–water partition coefficient (Wildman–Crippen LogP) is 7.22. The van der Waals surface area contributed by atoms with Crippen molar-refractivity contribution < 1.29 is 27.5 Å². The number of nitrogens with zero attached hydrogens (tertiary/aromatic N) is 6. The fourth-order valence-corrected chi connectivity index (χ4v) is 7.53. The molecule has 10 nitrogen and oxygen atoms in total. The van der Waals surface area contributed by atoms with E-state index in [2.05, 4.69) is 22.4 Å². The van der Waals surface area contributed by atoms with Crippen molar-refractivity contribution in [2.75, 3.05) is 16.8 Å². The Labute approximate surface area is 279 Å². The molecule has 2 fully saturated rings. The summed E-state index contributed by atoms with van der Waals surface area (Å²) in [5.41, 5.74) is -1.75. The molecule has 0 spiro atoms. The Bertz CT molecular complexity index is 1740. The molecule has 0 atom stereocenters. The van der Waals surface area contributed by atoms with E-state index < -0.39 is 40.3 Å². The minimum atomic E-state index is -4.73. The standard InChI is InChI=1S/C35H44F3N7O3/c1-8-39-27-14-23(34(16-21(2)17-34)30-42-40-20-43(30)7)15-28(41-27)44-19-25-24(29(44)46)12-22(13-26(25)35(36,37)38)18-45(33(6)10-9-11-33)31(47)48-32(3,4)5/h12-15,20-21H,8-11,16-19H2,1-7H3,(H,39,41). The van der Waals surface area contributed by atoms with Crippen LogP contribution in [0.2, 0.25) is 0 Å². The maximum atomic E-state index is 14.7. The lowest BCUT2D eigenvalue weighted by molar-refractivity contribution is -0.138. The maximum Gasteiger partial charge on any atom is 0.416 e. The molecule has 13 heteroatoms. The van der Waals surface area contributed by atoms with Gasteiger partial charge in [0.1, 0.15) is 29.4 Å². The number of hydrogen-bond acceptors (Lipinski definition) is 7. The molecule has 258 valence electrons. The van der Waals surface area contributed by atoms with E-state index >= 15 is 0 Å². The van der Waals surface area contributed by atoms with E-state index in [4.69, 9.17) is 9.72 Å². The van der Waals surface area contributed by atoms with Crippen molar-refractivity contribution in [1.82, 2.24) is 24.6 Å². The zero-order valence-electron chi connectivity index (χ0n) is 28.7. The Morgan fingerprint density at radius 1 is 1.15 bits per heavy atom. The lowest BCUT2D eigenvalue weighted by Gasteiger charge is -2.47. The zero-order chi connectivity index (χ0) is 34.8. The maximum absolute atomic E-state index is 14.7. The Morgan fingerprint density at radius 3 is 2.40 bits per heavy atom. The first-order chi connectivity index (χ1) is 22.4. The number of carbonyl (C=O) groups is 2. The van der Waals surface area contributed by atoms with Gasteiger partial charge in [-0.1, -0.05) is 6.92 Å². The monoisotopic (exact) mass is 667 g/mol. The highest BCUT2D eigenvalue weighted by Crippen LogP contribution is 2.52. The average molecular weight is 668 g/mol. The van der Waals surface area contributed by atoms with Crippen LogP contribution in [0.1, 0.15) is 112 Å². The number of pyridine rings is 1. The molecule has 1 aliphatic heterocycles. The number of carbonyl (C=O) groups excluding carboxylic acids is 2. The van der Waals surface area contributed by atoms with Crippen LogP contribution >= 0.6 is 0 Å². The predicted molar refractivity (Wildman–Crippen MR) is 175 cm³/mol. The second kappa shape index (κ2) is 11.8. The number of halogens is 3. The third-order valence-corrected chi connectivity index (χ3v) is 9.98. The van der Waals surface area contributed by atoms with E-state index in [0.29, 0.717) is 31.1 Å². The number of aryl methyl sites for hydroxylation is 1. The topological polar surface area (TPSA) is 105 Å². The SMILES string of the molecule is CCNc1cc(C2(c3nncn3C)CC(C)C2)cc(N2Cc3c(cc(CN(C(=O)OC(C)(C)C)C4(C)CCC4)cc3C(F)(F)F)C2=O)n1. The van der Waals surface area contributed by atoms with Crippen LogP contribution in [0, 0.1) is 5.92 Å². The highest BCUT2D eigenvalue weighted by molar-refractivity contribution is 6.10. The first kappa shape index (κ1) is 33.7. The normalized spacial score (nSPS) is 21.8. The van der Waals surface area contributed by atoms with Crippen molar-refractivity contribution in [3.63, 3.8) is 0 Å². The molecule has 3 aliphatic rings. The molecule has 2 aliphatic carbocycles. The molecule has 0 bridgehead atoms. The van der Waals surface area contributed by atoms with E-state index in [1.54, 1.807) is 33.2 Å². The van der Waals surface area contributed by atoms with Gasteiger partial charge in [0.25, 0.3) is 5.91 Å². The van der Waals surface area contributed by atoms with Gasteiger partial charge in [-0.25, -0.2) is 9.78 Å². The van der Waals surface area contributed by atoms with Crippen molar-refractivity contribution >= 4 is 23.6 Å². The summed E-state index contributed by atoms with van der Waals surface area (Å²) in [5, 5.41) is 11.8. The van der Waals surface area contributed by atoms with Gasteiger partial charge in [0.2, 0.25) is 0 Å². The molecular weight excluding hydrogens is 623 g/mol. The van der Waals surface area contributed by atoms with Gasteiger partial charge in [0, 0.05) is 31.2 Å². The Balaban J connectivity index is 1.40. The van der Waals surface area contributed by atoms with E-state index in [-0.39, 0.29) is 35.6 Å². The molecule has 1 aromatic carbocycles. The van der Waals surface area contributed by atoms with Crippen molar-refractivity contribution in [2.45, 2.75) is 109 Å². The van der Waals surface area contributed by atoms with Gasteiger partial charge in [-0.2, -0.15) is 13.2 Å². The second-order valence-corrected chi connectivity index (χ2v) is 15.0. The summed E-state index contributed by atoms with van der Waals surface area (Å²) in [5.74, 6) is 1.42. The Kier molecular flexibility index (Phi) is 8.27. The largest absolute Gasteiger partial charge is 0.444 e. The first-order valence-electron chi connectivity index (χ1n) is 16.6. The summed E-state index contributed by atoms with van der Waals surface area (Å²) in [6.45, 7) is 11.4. The Morgan fingerprint density at radius 2 is 1.85 bits per heavy atom. The average Bonchev–Trinajstić information content (AvgIpc) is 3.53. The third-order valence-electron chi connectivity index (χ3n) is 9.98. The summed E-state index contributed by atoms with van der Waals surface area (Å²) in [6.07, 6.45) is 0.259. The van der Waals surface area contributed by atoms with Crippen molar-refractivity contribution in [3.05, 3.63) is 64.2 Å². The number of hydrogen-bond donors (Lipinski definition) is 1. The van der Waals surface area contributed by atoms with Crippen molar-refractivity contribution in [3.8, 4) is 0 Å². The molecule has 48 heavy (non-hydrogen) atoms. The molecule has 2 saturated carbocycles. The van der Waals surface area contributed by atoms with Crippen LogP contribution in [0.3, 0.4) is 0 Å². The summed E-state index contributed by atoms with van der Waals surface area (Å²) in [6, 6.07) is 6.31. The highest BCUT2D eigenvalue weighted by atomic mass is 19.4. The van der Waals surface area contributed by atoms with Crippen LogP contribution in [0.4, 0.5) is 29.6 Å². The third kappa shape index (κ3) is 6.00. The minimum Gasteiger partial charge on any atom is -0.444 e. The molecule has 2 aromatic heterocycles. The van der Waals surface area contributed by atoms with Gasteiger partial charge < -0.3 is 14.6 Å². The zero-order valence-corrected chi connectivity index (χ0v) is 28.7. The van der Waals surface area contributed by atoms with Gasteiger partial charge in [0.15, 0.2) is 0 Å². The molecule has 3 heterocycles. The molecular formula is C35H44F3N7O3. The number of amides is 2. The van der Waals surface area contributed by atoms with Gasteiger partial charge in [0.05, 0.1) is 17.5 Å². The van der Waals surface area contributed by atoms with Crippen LogP contribution < -0.4 is 10.2 Å². The molecule has 1 N–H and O–H groups in total. The first-order valence-corrected chi connectivity index (χ1v) is 16.6. The number of aromatic nitrogens is 4. The molecule has 2 amide bonds. The number of anilines is 2. The molecule has 3 aromatic rings. The smallest absolute Gasteiger partial charge is 0.416 e. The van der Waals surface area contributed by atoms with E-state index in [1.807, 2.05) is 31.5 Å². The van der Waals surface area contributed by atoms with Crippen molar-refractivity contribution in [1.29, 1.82) is 0 Å². The van der Waals surface area contributed by atoms with E-state index in [0.717, 1.165) is 36.7 Å². The molecule has 0 saturated heterocycles. The molecule has 0 unspecified atom stereocenters. The van der Waals surface area contributed by atoms with Crippen LogP contribution in [0.5, 0.6) is 0 Å². The lowest BCUT2D eigenvalue weighted by Crippen LogP contribution is -2.54. The van der Waals surface area contributed by atoms with E-state index in [1.165, 1.54) is 15.9 Å². The van der Waals surface area contributed by atoms with E-state index in [9.17, 15) is 22.8 Å². The number of rotatable bonds is 8. The van der Waals surface area contributed by atoms with Crippen molar-refractivity contribution in [2.24, 2.45) is 13.0 Å². The summed E-state index contributed by atoms with van der Waals surface area (Å²) in [7, 11) is 1.89. The van der Waals surface area contributed by atoms with Crippen LogP contribution in [0.15, 0.2) is 30.6 Å². The van der Waals surface area contributed by atoms with Gasteiger partial charge >= 0.3 is 12.3 Å². The lowest BCUT2D eigenvalue weighted by atomic mass is 9.58. The number of fused-ring (bicyclic) bond motifs is 1. The number of ether oxygens (including phenoxy) is 1. The number of nitrogens with one attached hydrogen (secondary N) is 1. The number of alkyl halides is 3. The quantitative estimate of drug-likeness (QED) is 0.271. The van der Waals surface area contributed by atoms with Gasteiger partial charge in [-0.3, -0.25) is 14.6 Å². The summed E-state index contributed by atoms with van der Waals surface area (Å²) < 4.78 is 51.7. The molecule has 0 radical (unpaired) electrons. The number of benzene rings is 1. The van der Waals surface area contributed by atoms with Crippen LogP contribution in [-0.2, 0) is 36.5 Å². The minimum absolute atomic E-state index is 0.0415. The Hall–Kier alpha value is -4.16. The fraction of sp³-hybridized carbons (Fsp3) is 0.571. The molecule has 6 rings (SSSR count). The van der Waals surface area contributed by atoms with Gasteiger partial charge in [-0.15, -0.1) is 10.2 Å². The summed E-state index contributed by atoms with van der Waals surface area (Å²) >= 11 is 0. The summed E-state index contributed by atoms with van der Waals surface area (Å²) in [4.78, 5) is 35.0. The fourth-order valence-electron chi connectivity index (χ4n) is 7.53. The van der Waals surface area contributed by atoms with Gasteiger partial charge in [-0.05, 0) is 114 Å². The van der Waals surface area contributed by atoms with Crippen LogP contribution in [-0.4, -0.2) is 54.3 Å². The highest BCUT2D eigenvalue weighted by Gasteiger charge is 2.49. The van der Waals surface area contributed by atoms with Crippen LogP contribution in [0.25, 0.3) is 0 Å².